The Morgan fingerprint density at radius 2 is 2.18 bits per heavy atom. The van der Waals surface area contributed by atoms with Gasteiger partial charge in [0.25, 0.3) is 0 Å². The van der Waals surface area contributed by atoms with Crippen LogP contribution < -0.4 is 0 Å². The van der Waals surface area contributed by atoms with Crippen LogP contribution in [0.25, 0.3) is 10.2 Å². The molecule has 1 aromatic heterocycles. The van der Waals surface area contributed by atoms with Crippen molar-refractivity contribution in [3.63, 3.8) is 0 Å². The van der Waals surface area contributed by atoms with E-state index in [2.05, 4.69) is 20.4 Å². The molecule has 0 spiro atoms. The first-order chi connectivity index (χ1) is 5.40. The molecule has 3 radical (unpaired) electrons. The van der Waals surface area contributed by atoms with Crippen LogP contribution in [0, 0.1) is 0 Å². The van der Waals surface area contributed by atoms with Gasteiger partial charge in [0.1, 0.15) is 13.7 Å². The number of hydrogen-bond acceptors (Lipinski definition) is 3. The molecular formula is C7H4NS2Si. The fourth-order valence-corrected chi connectivity index (χ4v) is 2.68. The van der Waals surface area contributed by atoms with Crippen LogP contribution in [-0.2, 0) is 0 Å². The number of thiazole rings is 1. The van der Waals surface area contributed by atoms with E-state index in [0.29, 0.717) is 0 Å². The van der Waals surface area contributed by atoms with Crippen molar-refractivity contribution in [3.05, 3.63) is 24.3 Å². The molecule has 0 aliphatic rings. The Balaban J connectivity index is 2.69. The van der Waals surface area contributed by atoms with Gasteiger partial charge in [-0.1, -0.05) is 12.1 Å². The molecule has 0 atom stereocenters. The smallest absolute Gasteiger partial charge is 0.144 e. The summed E-state index contributed by atoms with van der Waals surface area (Å²) in [4.78, 5) is 4.36. The summed E-state index contributed by atoms with van der Waals surface area (Å²) < 4.78 is 2.30. The quantitative estimate of drug-likeness (QED) is 0.647. The summed E-state index contributed by atoms with van der Waals surface area (Å²) >= 11 is 3.21. The summed E-state index contributed by atoms with van der Waals surface area (Å²) in [5.41, 5.74) is 1.08. The first kappa shape index (κ1) is 7.33. The maximum atomic E-state index is 4.36. The van der Waals surface area contributed by atoms with Crippen molar-refractivity contribution in [1.82, 2.24) is 4.98 Å². The number of fused-ring (bicyclic) bond motifs is 1. The third kappa shape index (κ3) is 1.33. The Kier molecular flexibility index (Phi) is 1.98. The lowest BCUT2D eigenvalue weighted by molar-refractivity contribution is 1.31. The van der Waals surface area contributed by atoms with E-state index in [1.54, 1.807) is 11.3 Å². The summed E-state index contributed by atoms with van der Waals surface area (Å²) in [5, 5.41) is 0. The van der Waals surface area contributed by atoms with Gasteiger partial charge in [-0.25, -0.2) is 4.98 Å². The van der Waals surface area contributed by atoms with Crippen molar-refractivity contribution in [2.24, 2.45) is 0 Å². The van der Waals surface area contributed by atoms with Crippen LogP contribution in [0.4, 0.5) is 0 Å². The highest BCUT2D eigenvalue weighted by Gasteiger charge is 1.99. The first-order valence-corrected chi connectivity index (χ1v) is 5.95. The van der Waals surface area contributed by atoms with Crippen LogP contribution in [0.2, 0.25) is 0 Å². The predicted molar refractivity (Wildman–Crippen MR) is 51.2 cm³/mol. The monoisotopic (exact) mass is 194 g/mol. The van der Waals surface area contributed by atoms with Crippen LogP contribution >= 0.6 is 22.5 Å². The Morgan fingerprint density at radius 3 is 2.91 bits per heavy atom. The molecule has 0 aliphatic heterocycles. The topological polar surface area (TPSA) is 12.9 Å². The molecule has 11 heavy (non-hydrogen) atoms. The van der Waals surface area contributed by atoms with Crippen molar-refractivity contribution >= 4 is 42.2 Å². The second-order valence-corrected chi connectivity index (χ2v) is 4.54. The summed E-state index contributed by atoms with van der Waals surface area (Å²) in [6, 6.07) is 8.14. The predicted octanol–water partition coefficient (Wildman–Crippen LogP) is 2.47. The lowest BCUT2D eigenvalue weighted by atomic mass is 10.3. The Morgan fingerprint density at radius 1 is 1.36 bits per heavy atom. The normalized spacial score (nSPS) is 10.6. The summed E-state index contributed by atoms with van der Waals surface area (Å²) in [6.07, 6.45) is 0. The Labute approximate surface area is 75.9 Å². The van der Waals surface area contributed by atoms with E-state index in [9.17, 15) is 0 Å². The van der Waals surface area contributed by atoms with Gasteiger partial charge in [-0.3, -0.25) is 0 Å². The fraction of sp³-hybridized carbons (Fsp3) is 0. The van der Waals surface area contributed by atoms with E-state index in [1.807, 2.05) is 18.2 Å². The molecule has 1 heterocycles. The number of hydrogen-bond donors (Lipinski definition) is 0. The Hall–Kier alpha value is -0.323. The molecule has 1 nitrogen and oxygen atoms in total. The number of benzene rings is 1. The highest BCUT2D eigenvalue weighted by molar-refractivity contribution is 8.20. The highest BCUT2D eigenvalue weighted by atomic mass is 32.4. The summed E-state index contributed by atoms with van der Waals surface area (Å²) in [7, 11) is 3.35. The molecular weight excluding hydrogens is 190 g/mol. The molecule has 2 aromatic rings. The minimum atomic E-state index is 1.06. The van der Waals surface area contributed by atoms with E-state index in [4.69, 9.17) is 0 Å². The van der Waals surface area contributed by atoms with Crippen molar-refractivity contribution in [3.8, 4) is 0 Å². The zero-order chi connectivity index (χ0) is 7.68. The summed E-state index contributed by atoms with van der Waals surface area (Å²) in [5.74, 6) is 0. The van der Waals surface area contributed by atoms with Crippen molar-refractivity contribution in [2.45, 2.75) is 4.34 Å². The van der Waals surface area contributed by atoms with Gasteiger partial charge in [0, 0.05) is 0 Å². The molecule has 4 heteroatoms. The molecule has 0 N–H and O–H groups in total. The second-order valence-electron chi connectivity index (χ2n) is 2.05. The van der Waals surface area contributed by atoms with E-state index in [0.717, 1.165) is 9.86 Å². The second kappa shape index (κ2) is 2.96. The number of nitrogens with zero attached hydrogens (tertiary/aromatic N) is 1. The molecule has 1 aromatic carbocycles. The van der Waals surface area contributed by atoms with Gasteiger partial charge in [-0.05, 0) is 12.1 Å². The standard InChI is InChI=1S/C7H4NS2Si/c11-10-7-8-5-3-1-2-4-6(5)9-7/h1-4H. The molecule has 53 valence electrons. The van der Waals surface area contributed by atoms with Gasteiger partial charge in [-0.2, -0.15) is 0 Å². The Bertz CT molecular complexity index is 338. The average Bonchev–Trinajstić information content (AvgIpc) is 2.46. The minimum absolute atomic E-state index is 1.06. The lowest BCUT2D eigenvalue weighted by Crippen LogP contribution is -1.65. The fourth-order valence-electron chi connectivity index (χ4n) is 0.895. The van der Waals surface area contributed by atoms with Crippen LogP contribution in [0.15, 0.2) is 28.6 Å². The average molecular weight is 194 g/mol. The van der Waals surface area contributed by atoms with Crippen molar-refractivity contribution in [1.29, 1.82) is 0 Å². The highest BCUT2D eigenvalue weighted by Crippen LogP contribution is 2.26. The van der Waals surface area contributed by atoms with Gasteiger partial charge in [0.2, 0.25) is 0 Å². The van der Waals surface area contributed by atoms with Gasteiger partial charge < -0.3 is 0 Å². The molecule has 2 rings (SSSR count). The van der Waals surface area contributed by atoms with Crippen molar-refractivity contribution in [2.75, 3.05) is 0 Å². The molecule has 0 saturated carbocycles. The van der Waals surface area contributed by atoms with E-state index in [-0.39, 0.29) is 0 Å². The van der Waals surface area contributed by atoms with Crippen LogP contribution in [0.1, 0.15) is 0 Å². The first-order valence-electron chi connectivity index (χ1n) is 3.09. The number of para-hydroxylation sites is 1. The lowest BCUT2D eigenvalue weighted by Gasteiger charge is -1.80. The zero-order valence-corrected chi connectivity index (χ0v) is 8.21. The van der Waals surface area contributed by atoms with E-state index < -0.39 is 0 Å². The minimum Gasteiger partial charge on any atom is -0.230 e. The maximum absolute atomic E-state index is 4.36. The van der Waals surface area contributed by atoms with Crippen LogP contribution in [-0.4, -0.2) is 14.4 Å². The van der Waals surface area contributed by atoms with Crippen molar-refractivity contribution < 1.29 is 0 Å². The number of rotatable bonds is 1. The molecule has 0 amide bonds. The van der Waals surface area contributed by atoms with Gasteiger partial charge in [0.15, 0.2) is 0 Å². The molecule has 0 unspecified atom stereocenters. The van der Waals surface area contributed by atoms with Gasteiger partial charge >= 0.3 is 0 Å². The molecule has 0 fully saturated rings. The summed E-state index contributed by atoms with van der Waals surface area (Å²) in [6.45, 7) is 0. The SMILES string of the molecule is [Si]Sc1nc2ccccc2s1. The van der Waals surface area contributed by atoms with E-state index in [1.165, 1.54) is 15.9 Å². The van der Waals surface area contributed by atoms with Gasteiger partial charge in [0.05, 0.1) is 10.2 Å². The van der Waals surface area contributed by atoms with Crippen LogP contribution in [0.5, 0.6) is 0 Å². The zero-order valence-electron chi connectivity index (χ0n) is 5.57. The molecule has 0 bridgehead atoms. The largest absolute Gasteiger partial charge is 0.230 e. The number of aromatic nitrogens is 1. The third-order valence-electron chi connectivity index (χ3n) is 1.36. The van der Waals surface area contributed by atoms with Crippen LogP contribution in [0.3, 0.4) is 0 Å². The third-order valence-corrected chi connectivity index (χ3v) is 3.98. The molecule has 0 aliphatic carbocycles. The van der Waals surface area contributed by atoms with E-state index >= 15 is 0 Å². The van der Waals surface area contributed by atoms with Gasteiger partial charge in [-0.15, -0.1) is 22.5 Å². The maximum Gasteiger partial charge on any atom is 0.144 e. The molecule has 0 saturated heterocycles.